The molecule has 3 heteroatoms. The lowest BCUT2D eigenvalue weighted by molar-refractivity contribution is 0.0548. The Balaban J connectivity index is 1.80. The van der Waals surface area contributed by atoms with Gasteiger partial charge in [0.25, 0.3) is 0 Å². The van der Waals surface area contributed by atoms with E-state index >= 15 is 0 Å². The molecule has 0 bridgehead atoms. The Labute approximate surface area is 131 Å². The first kappa shape index (κ1) is 13.6. The summed E-state index contributed by atoms with van der Waals surface area (Å²) in [6.07, 6.45) is 2.17. The molecular weight excluding hydrogens is 274 g/mol. The third-order valence-electron chi connectivity index (χ3n) is 5.16. The van der Waals surface area contributed by atoms with Crippen molar-refractivity contribution in [2.75, 3.05) is 20.1 Å². The van der Waals surface area contributed by atoms with Gasteiger partial charge in [-0.2, -0.15) is 0 Å². The molecule has 0 aromatic heterocycles. The molecule has 0 aliphatic carbocycles. The van der Waals surface area contributed by atoms with Gasteiger partial charge in [0.15, 0.2) is 0 Å². The largest absolute Gasteiger partial charge is 0.508 e. The van der Waals surface area contributed by atoms with Crippen LogP contribution in [0, 0.1) is 0 Å². The standard InChI is InChI=1S/C19H21NO2/c1-20-10-9-19(12-14-5-3-2-4-6-14)16-11-15(21)7-8-17(16)22-18(19)13-20/h2-8,11,18,21H,9-10,12-13H2,1H3/t18-,19+/m0/s1. The number of likely N-dealkylation sites (N-methyl/N-ethyl adjacent to an activating group) is 1. The van der Waals surface area contributed by atoms with Gasteiger partial charge in [-0.15, -0.1) is 0 Å². The number of benzene rings is 2. The summed E-state index contributed by atoms with van der Waals surface area (Å²) < 4.78 is 6.26. The monoisotopic (exact) mass is 295 g/mol. The van der Waals surface area contributed by atoms with E-state index in [0.29, 0.717) is 5.75 Å². The summed E-state index contributed by atoms with van der Waals surface area (Å²) >= 11 is 0. The number of nitrogens with zero attached hydrogens (tertiary/aromatic N) is 1. The van der Waals surface area contributed by atoms with Crippen LogP contribution in [-0.2, 0) is 11.8 Å². The molecule has 1 fully saturated rings. The number of rotatable bonds is 2. The first-order valence-corrected chi connectivity index (χ1v) is 7.90. The van der Waals surface area contributed by atoms with Crippen LogP contribution in [0.3, 0.4) is 0 Å². The van der Waals surface area contributed by atoms with E-state index in [1.807, 2.05) is 12.1 Å². The molecule has 4 rings (SSSR count). The Hall–Kier alpha value is -2.00. The predicted molar refractivity (Wildman–Crippen MR) is 86.5 cm³/mol. The van der Waals surface area contributed by atoms with Crippen LogP contribution in [0.5, 0.6) is 11.5 Å². The highest BCUT2D eigenvalue weighted by atomic mass is 16.5. The van der Waals surface area contributed by atoms with E-state index in [4.69, 9.17) is 4.74 Å². The second-order valence-electron chi connectivity index (χ2n) is 6.62. The summed E-state index contributed by atoms with van der Waals surface area (Å²) in [5, 5.41) is 9.95. The van der Waals surface area contributed by atoms with Gasteiger partial charge in [-0.3, -0.25) is 0 Å². The lowest BCUT2D eigenvalue weighted by Gasteiger charge is -2.42. The van der Waals surface area contributed by atoms with Crippen molar-refractivity contribution in [3.63, 3.8) is 0 Å². The Morgan fingerprint density at radius 2 is 2.05 bits per heavy atom. The van der Waals surface area contributed by atoms with Gasteiger partial charge in [-0.05, 0) is 50.2 Å². The Kier molecular flexibility index (Phi) is 3.12. The molecule has 0 spiro atoms. The zero-order chi connectivity index (χ0) is 15.2. The number of hydrogen-bond acceptors (Lipinski definition) is 3. The maximum atomic E-state index is 9.95. The Bertz CT molecular complexity index is 685. The second-order valence-corrected chi connectivity index (χ2v) is 6.62. The van der Waals surface area contributed by atoms with Gasteiger partial charge in [-0.25, -0.2) is 0 Å². The highest BCUT2D eigenvalue weighted by Gasteiger charge is 2.51. The molecule has 2 aromatic rings. The average molecular weight is 295 g/mol. The fraction of sp³-hybridized carbons (Fsp3) is 0.368. The zero-order valence-electron chi connectivity index (χ0n) is 12.8. The highest BCUT2D eigenvalue weighted by molar-refractivity contribution is 5.50. The van der Waals surface area contributed by atoms with E-state index in [2.05, 4.69) is 42.3 Å². The summed E-state index contributed by atoms with van der Waals surface area (Å²) in [5.74, 6) is 1.27. The molecule has 0 amide bonds. The average Bonchev–Trinajstić information content (AvgIpc) is 2.82. The van der Waals surface area contributed by atoms with Crippen molar-refractivity contribution in [1.29, 1.82) is 0 Å². The minimum atomic E-state index is -0.0259. The molecule has 0 unspecified atom stereocenters. The van der Waals surface area contributed by atoms with Gasteiger partial charge < -0.3 is 14.7 Å². The number of aromatic hydroxyl groups is 1. The third kappa shape index (κ3) is 2.08. The van der Waals surface area contributed by atoms with E-state index in [1.165, 1.54) is 11.1 Å². The minimum absolute atomic E-state index is 0.0259. The van der Waals surface area contributed by atoms with Crippen molar-refractivity contribution in [1.82, 2.24) is 4.90 Å². The van der Waals surface area contributed by atoms with Crippen LogP contribution in [0.4, 0.5) is 0 Å². The van der Waals surface area contributed by atoms with Crippen molar-refractivity contribution in [2.24, 2.45) is 0 Å². The van der Waals surface area contributed by atoms with Gasteiger partial charge in [0.05, 0.1) is 0 Å². The van der Waals surface area contributed by atoms with Crippen LogP contribution in [0.2, 0.25) is 0 Å². The van der Waals surface area contributed by atoms with Crippen LogP contribution >= 0.6 is 0 Å². The minimum Gasteiger partial charge on any atom is -0.508 e. The summed E-state index contributed by atoms with van der Waals surface area (Å²) in [7, 11) is 2.15. The molecule has 2 aliphatic heterocycles. The first-order valence-electron chi connectivity index (χ1n) is 7.90. The fourth-order valence-electron chi connectivity index (χ4n) is 3.98. The number of ether oxygens (including phenoxy) is 1. The Morgan fingerprint density at radius 1 is 1.23 bits per heavy atom. The van der Waals surface area contributed by atoms with Crippen molar-refractivity contribution in [2.45, 2.75) is 24.4 Å². The maximum absolute atomic E-state index is 9.95. The molecule has 2 aliphatic rings. The van der Waals surface area contributed by atoms with Gasteiger partial charge >= 0.3 is 0 Å². The summed E-state index contributed by atoms with van der Waals surface area (Å²) in [5.41, 5.74) is 2.48. The van der Waals surface area contributed by atoms with Crippen molar-refractivity contribution in [3.05, 3.63) is 59.7 Å². The maximum Gasteiger partial charge on any atom is 0.124 e. The quantitative estimate of drug-likeness (QED) is 0.924. The normalized spacial score (nSPS) is 27.0. The lowest BCUT2D eigenvalue weighted by Crippen LogP contribution is -2.52. The molecule has 3 nitrogen and oxygen atoms in total. The van der Waals surface area contributed by atoms with E-state index in [9.17, 15) is 5.11 Å². The number of fused-ring (bicyclic) bond motifs is 3. The first-order chi connectivity index (χ1) is 10.7. The molecule has 22 heavy (non-hydrogen) atoms. The molecule has 2 atom stereocenters. The van der Waals surface area contributed by atoms with E-state index < -0.39 is 0 Å². The number of phenols is 1. The van der Waals surface area contributed by atoms with Crippen LogP contribution in [0.25, 0.3) is 0 Å². The van der Waals surface area contributed by atoms with Gasteiger partial charge in [0.2, 0.25) is 0 Å². The Morgan fingerprint density at radius 3 is 2.86 bits per heavy atom. The van der Waals surface area contributed by atoms with Crippen LogP contribution in [0.15, 0.2) is 48.5 Å². The molecule has 0 radical (unpaired) electrons. The highest BCUT2D eigenvalue weighted by Crippen LogP contribution is 2.50. The topological polar surface area (TPSA) is 32.7 Å². The number of piperidine rings is 1. The molecule has 1 N–H and O–H groups in total. The third-order valence-corrected chi connectivity index (χ3v) is 5.16. The van der Waals surface area contributed by atoms with Crippen LogP contribution in [0.1, 0.15) is 17.5 Å². The summed E-state index contributed by atoms with van der Waals surface area (Å²) in [4.78, 5) is 2.33. The zero-order valence-corrected chi connectivity index (χ0v) is 12.8. The van der Waals surface area contributed by atoms with E-state index in [-0.39, 0.29) is 11.5 Å². The van der Waals surface area contributed by atoms with E-state index in [1.54, 1.807) is 6.07 Å². The number of hydrogen-bond donors (Lipinski definition) is 1. The summed E-state index contributed by atoms with van der Waals surface area (Å²) in [6.45, 7) is 1.99. The van der Waals surface area contributed by atoms with Crippen LogP contribution < -0.4 is 4.74 Å². The smallest absolute Gasteiger partial charge is 0.124 e. The van der Waals surface area contributed by atoms with Gasteiger partial charge in [0, 0.05) is 17.5 Å². The van der Waals surface area contributed by atoms with Crippen molar-refractivity contribution < 1.29 is 9.84 Å². The SMILES string of the molecule is CN1CC[C@@]2(Cc3ccccc3)c3cc(O)ccc3O[C@H]2C1. The van der Waals surface area contributed by atoms with Crippen molar-refractivity contribution >= 4 is 0 Å². The second kappa shape index (κ2) is 5.03. The predicted octanol–water partition coefficient (Wildman–Crippen LogP) is 2.97. The molecule has 2 heterocycles. The molecule has 114 valence electrons. The molecule has 1 saturated heterocycles. The number of phenolic OH excluding ortho intramolecular Hbond substituents is 1. The van der Waals surface area contributed by atoms with Gasteiger partial charge in [-0.1, -0.05) is 30.3 Å². The molecular formula is C19H21NO2. The molecule has 0 saturated carbocycles. The van der Waals surface area contributed by atoms with Gasteiger partial charge in [0.1, 0.15) is 17.6 Å². The fourth-order valence-corrected chi connectivity index (χ4v) is 3.98. The van der Waals surface area contributed by atoms with E-state index in [0.717, 1.165) is 31.7 Å². The number of likely N-dealkylation sites (tertiary alicyclic amines) is 1. The summed E-state index contributed by atoms with van der Waals surface area (Å²) in [6, 6.07) is 16.1. The molecule has 2 aromatic carbocycles. The van der Waals surface area contributed by atoms with Crippen molar-refractivity contribution in [3.8, 4) is 11.5 Å². The van der Waals surface area contributed by atoms with Crippen LogP contribution in [-0.4, -0.2) is 36.2 Å². The lowest BCUT2D eigenvalue weighted by atomic mass is 9.68.